The molecule has 0 unspecified atom stereocenters. The molecule has 192 valence electrons. The quantitative estimate of drug-likeness (QED) is 0.335. The molecule has 4 rings (SSSR count). The summed E-state index contributed by atoms with van der Waals surface area (Å²) in [6.45, 7) is -3.06. The molecule has 37 heavy (non-hydrogen) atoms. The molecule has 1 amide bonds. The molecule has 2 heterocycles. The van der Waals surface area contributed by atoms with E-state index in [4.69, 9.17) is 16.3 Å². The van der Waals surface area contributed by atoms with Gasteiger partial charge in [0.15, 0.2) is 0 Å². The first-order valence-electron chi connectivity index (χ1n) is 10.4. The smallest absolute Gasteiger partial charge is 0.387 e. The molecule has 1 N–H and O–H groups in total. The van der Waals surface area contributed by atoms with Crippen molar-refractivity contribution in [2.24, 2.45) is 7.05 Å². The summed E-state index contributed by atoms with van der Waals surface area (Å²) in [5.74, 6) is -3.25. The molecular weight excluding hydrogens is 520 g/mol. The van der Waals surface area contributed by atoms with Gasteiger partial charge in [-0.25, -0.2) is 13.5 Å². The van der Waals surface area contributed by atoms with Crippen molar-refractivity contribution in [3.05, 3.63) is 87.4 Å². The van der Waals surface area contributed by atoms with Gasteiger partial charge in [0.25, 0.3) is 11.5 Å². The number of aromatic nitrogens is 3. The number of hydrogen-bond donors (Lipinski definition) is 1. The zero-order valence-electron chi connectivity index (χ0n) is 19.1. The highest BCUT2D eigenvalue weighted by Gasteiger charge is 2.28. The minimum atomic E-state index is -3.06. The van der Waals surface area contributed by atoms with E-state index in [1.165, 1.54) is 44.8 Å². The largest absolute Gasteiger partial charge is 0.497 e. The average molecular weight is 537 g/mol. The van der Waals surface area contributed by atoms with Crippen molar-refractivity contribution >= 4 is 23.2 Å². The second-order valence-corrected chi connectivity index (χ2v) is 7.99. The maximum Gasteiger partial charge on any atom is 0.387 e. The highest BCUT2D eigenvalue weighted by molar-refractivity contribution is 6.30. The SMILES string of the molecule is COc1cc(F)c(-c2c(NC(=O)c3ccc(OC(F)F)cc3)c(=O)n(-c3cncc(Cl)c3)n2C)c(F)c1. The van der Waals surface area contributed by atoms with Gasteiger partial charge < -0.3 is 14.8 Å². The molecule has 13 heteroatoms. The lowest BCUT2D eigenvalue weighted by molar-refractivity contribution is -0.0498. The highest BCUT2D eigenvalue weighted by atomic mass is 35.5. The van der Waals surface area contributed by atoms with E-state index in [1.807, 2.05) is 0 Å². The standard InChI is InChI=1S/C24H17ClF4N4O4/c1-32-21(19-17(26)8-16(36-2)9-18(19)27)20(23(35)33(32)14-7-13(25)10-30-11-14)31-22(34)12-3-5-15(6-4-12)37-24(28)29/h3-11,24H,1-2H3,(H,31,34). The summed E-state index contributed by atoms with van der Waals surface area (Å²) in [5, 5.41) is 2.57. The summed E-state index contributed by atoms with van der Waals surface area (Å²) in [6.07, 6.45) is 2.62. The van der Waals surface area contributed by atoms with Crippen molar-refractivity contribution in [3.8, 4) is 28.4 Å². The maximum absolute atomic E-state index is 15.1. The lowest BCUT2D eigenvalue weighted by Crippen LogP contribution is -2.23. The summed E-state index contributed by atoms with van der Waals surface area (Å²) >= 11 is 6.01. The number of benzene rings is 2. The zero-order valence-corrected chi connectivity index (χ0v) is 19.9. The third-order valence-corrected chi connectivity index (χ3v) is 5.48. The van der Waals surface area contributed by atoms with Gasteiger partial charge >= 0.3 is 6.61 Å². The number of amides is 1. The van der Waals surface area contributed by atoms with Gasteiger partial charge in [0.2, 0.25) is 0 Å². The Morgan fingerprint density at radius 3 is 2.27 bits per heavy atom. The van der Waals surface area contributed by atoms with E-state index in [2.05, 4.69) is 15.0 Å². The molecule has 0 saturated heterocycles. The van der Waals surface area contributed by atoms with Crippen LogP contribution in [0.1, 0.15) is 10.4 Å². The van der Waals surface area contributed by atoms with Crippen molar-refractivity contribution in [1.82, 2.24) is 14.3 Å². The minimum absolute atomic E-state index is 0.0394. The number of nitrogens with one attached hydrogen (secondary N) is 1. The van der Waals surface area contributed by atoms with Crippen molar-refractivity contribution in [1.29, 1.82) is 0 Å². The van der Waals surface area contributed by atoms with E-state index in [0.29, 0.717) is 0 Å². The van der Waals surface area contributed by atoms with E-state index < -0.39 is 41.0 Å². The molecule has 0 atom stereocenters. The molecule has 2 aromatic heterocycles. The average Bonchev–Trinajstić information content (AvgIpc) is 3.07. The molecular formula is C24H17ClF4N4O4. The topological polar surface area (TPSA) is 87.4 Å². The lowest BCUT2D eigenvalue weighted by Gasteiger charge is -2.13. The van der Waals surface area contributed by atoms with E-state index in [0.717, 1.165) is 33.6 Å². The summed E-state index contributed by atoms with van der Waals surface area (Å²) in [4.78, 5) is 30.4. The predicted molar refractivity (Wildman–Crippen MR) is 127 cm³/mol. The van der Waals surface area contributed by atoms with Crippen LogP contribution in [0.4, 0.5) is 23.2 Å². The van der Waals surface area contributed by atoms with Crippen LogP contribution in [-0.2, 0) is 7.05 Å². The van der Waals surface area contributed by atoms with Crippen molar-refractivity contribution in [2.75, 3.05) is 12.4 Å². The van der Waals surface area contributed by atoms with E-state index in [1.54, 1.807) is 0 Å². The van der Waals surface area contributed by atoms with Gasteiger partial charge in [-0.1, -0.05) is 11.6 Å². The lowest BCUT2D eigenvalue weighted by atomic mass is 10.1. The highest BCUT2D eigenvalue weighted by Crippen LogP contribution is 2.34. The Labute approximate surface area is 211 Å². The Balaban J connectivity index is 1.87. The second-order valence-electron chi connectivity index (χ2n) is 7.55. The third kappa shape index (κ3) is 5.14. The molecule has 0 aliphatic carbocycles. The first-order valence-corrected chi connectivity index (χ1v) is 10.8. The number of nitrogens with zero attached hydrogens (tertiary/aromatic N) is 3. The van der Waals surface area contributed by atoms with Crippen LogP contribution in [0, 0.1) is 11.6 Å². The molecule has 0 aliphatic rings. The summed E-state index contributed by atoms with van der Waals surface area (Å²) in [7, 11) is 2.59. The Morgan fingerprint density at radius 1 is 1.05 bits per heavy atom. The number of ether oxygens (including phenoxy) is 2. The van der Waals surface area contributed by atoms with Crippen LogP contribution >= 0.6 is 11.6 Å². The predicted octanol–water partition coefficient (Wildman–Crippen LogP) is 5.03. The number of hydrogen-bond acceptors (Lipinski definition) is 5. The summed E-state index contributed by atoms with van der Waals surface area (Å²) in [5.41, 5.74) is -2.09. The molecule has 8 nitrogen and oxygen atoms in total. The summed E-state index contributed by atoms with van der Waals surface area (Å²) < 4.78 is 66.3. The Kier molecular flexibility index (Phi) is 7.21. The first-order chi connectivity index (χ1) is 17.6. The Hall–Kier alpha value is -4.32. The minimum Gasteiger partial charge on any atom is -0.497 e. The molecule has 0 spiro atoms. The maximum atomic E-state index is 15.1. The van der Waals surface area contributed by atoms with Crippen molar-refractivity contribution in [2.45, 2.75) is 6.61 Å². The van der Waals surface area contributed by atoms with Crippen LogP contribution in [0.15, 0.2) is 59.7 Å². The molecule has 0 fully saturated rings. The van der Waals surface area contributed by atoms with Crippen LogP contribution in [0.3, 0.4) is 0 Å². The van der Waals surface area contributed by atoms with Crippen LogP contribution in [0.2, 0.25) is 5.02 Å². The van der Waals surface area contributed by atoms with Gasteiger partial charge in [0.1, 0.15) is 34.5 Å². The van der Waals surface area contributed by atoms with E-state index in [9.17, 15) is 18.4 Å². The second kappa shape index (κ2) is 10.3. The zero-order chi connectivity index (χ0) is 26.9. The van der Waals surface area contributed by atoms with Crippen LogP contribution < -0.4 is 20.3 Å². The van der Waals surface area contributed by atoms with Gasteiger partial charge in [0, 0.05) is 30.9 Å². The number of rotatable bonds is 7. The van der Waals surface area contributed by atoms with Crippen LogP contribution in [-0.4, -0.2) is 34.0 Å². The van der Waals surface area contributed by atoms with Gasteiger partial charge in [-0.15, -0.1) is 0 Å². The fraction of sp³-hybridized carbons (Fsp3) is 0.125. The number of pyridine rings is 1. The van der Waals surface area contributed by atoms with E-state index >= 15 is 8.78 Å². The monoisotopic (exact) mass is 536 g/mol. The Morgan fingerprint density at radius 2 is 1.70 bits per heavy atom. The number of carbonyl (C=O) groups excluding carboxylic acids is 1. The molecule has 0 saturated carbocycles. The first kappa shape index (κ1) is 25.8. The van der Waals surface area contributed by atoms with Gasteiger partial charge in [0.05, 0.1) is 29.6 Å². The van der Waals surface area contributed by atoms with E-state index in [-0.39, 0.29) is 33.5 Å². The number of alkyl halides is 2. The number of halogens is 5. The molecule has 0 radical (unpaired) electrons. The fourth-order valence-electron chi connectivity index (χ4n) is 3.68. The van der Waals surface area contributed by atoms with Crippen molar-refractivity contribution < 1.29 is 31.8 Å². The normalized spacial score (nSPS) is 11.0. The third-order valence-electron chi connectivity index (χ3n) is 5.27. The molecule has 0 bridgehead atoms. The van der Waals surface area contributed by atoms with Gasteiger partial charge in [-0.2, -0.15) is 8.78 Å². The summed E-state index contributed by atoms with van der Waals surface area (Å²) in [6, 6.07) is 7.88. The van der Waals surface area contributed by atoms with Gasteiger partial charge in [-0.05, 0) is 30.3 Å². The molecule has 0 aliphatic heterocycles. The van der Waals surface area contributed by atoms with Crippen LogP contribution in [0.25, 0.3) is 16.9 Å². The van der Waals surface area contributed by atoms with Crippen molar-refractivity contribution in [3.63, 3.8) is 0 Å². The fourth-order valence-corrected chi connectivity index (χ4v) is 3.85. The number of anilines is 1. The Bertz CT molecular complexity index is 1510. The number of methoxy groups -OCH3 is 1. The van der Waals surface area contributed by atoms with Gasteiger partial charge in [-0.3, -0.25) is 19.3 Å². The number of carbonyl (C=O) groups is 1. The molecule has 4 aromatic rings. The van der Waals surface area contributed by atoms with Crippen LogP contribution in [0.5, 0.6) is 11.5 Å². The molecule has 2 aromatic carbocycles.